The van der Waals surface area contributed by atoms with Gasteiger partial charge in [-0.3, -0.25) is 0 Å². The second-order valence-corrected chi connectivity index (χ2v) is 13.1. The van der Waals surface area contributed by atoms with E-state index >= 15 is 0 Å². The molecule has 5 aromatic carbocycles. The van der Waals surface area contributed by atoms with E-state index in [2.05, 4.69) is 187 Å². The monoisotopic (exact) mass is 574 g/mol. The fourth-order valence-electron chi connectivity index (χ4n) is 5.88. The number of benzene rings is 5. The molecule has 0 spiro atoms. The highest BCUT2D eigenvalue weighted by Gasteiger charge is 2.35. The van der Waals surface area contributed by atoms with Crippen LogP contribution in [0.1, 0.15) is 25.0 Å². The molecular formula is C39H39BN2Si. The summed E-state index contributed by atoms with van der Waals surface area (Å²) in [5, 5.41) is -0.106. The Morgan fingerprint density at radius 1 is 0.628 bits per heavy atom. The highest BCUT2D eigenvalue weighted by molar-refractivity contribution is 6.95. The second kappa shape index (κ2) is 15.0. The molecule has 0 aliphatic rings. The molecule has 0 aliphatic carbocycles. The van der Waals surface area contributed by atoms with Crippen molar-refractivity contribution in [3.63, 3.8) is 0 Å². The number of aromatic nitrogens is 2. The van der Waals surface area contributed by atoms with Gasteiger partial charge >= 0.3 is 0 Å². The van der Waals surface area contributed by atoms with Crippen LogP contribution in [0, 0.1) is 0 Å². The Morgan fingerprint density at radius 2 is 1.02 bits per heavy atom. The maximum atomic E-state index is 4.35. The Morgan fingerprint density at radius 3 is 1.37 bits per heavy atom. The number of allylic oxidation sites excluding steroid dienone is 2. The van der Waals surface area contributed by atoms with Crippen LogP contribution in [-0.2, 0) is 5.16 Å². The zero-order valence-electron chi connectivity index (χ0n) is 25.1. The fraction of sp³-hybridized carbons (Fsp3) is 0.103. The first-order valence-electron chi connectivity index (χ1n) is 15.1. The highest BCUT2D eigenvalue weighted by atomic mass is 28.2. The maximum Gasteiger partial charge on any atom is 0.241 e. The van der Waals surface area contributed by atoms with Crippen LogP contribution in [0.25, 0.3) is 0 Å². The van der Waals surface area contributed by atoms with E-state index in [1.165, 1.54) is 33.1 Å². The van der Waals surface area contributed by atoms with Gasteiger partial charge in [0.15, 0.2) is 0 Å². The summed E-state index contributed by atoms with van der Waals surface area (Å²) in [5.41, 5.74) is 8.09. The van der Waals surface area contributed by atoms with E-state index in [4.69, 9.17) is 0 Å². The van der Waals surface area contributed by atoms with Crippen LogP contribution in [0.3, 0.4) is 0 Å². The van der Waals surface area contributed by atoms with Gasteiger partial charge in [-0.1, -0.05) is 180 Å². The number of nitrogens with zero attached hydrogens (tertiary/aromatic N) is 2. The minimum atomic E-state index is -0.543. The van der Waals surface area contributed by atoms with Crippen LogP contribution in [0.15, 0.2) is 182 Å². The first kappa shape index (κ1) is 29.8. The van der Waals surface area contributed by atoms with Gasteiger partial charge in [-0.05, 0) is 31.0 Å². The van der Waals surface area contributed by atoms with Crippen molar-refractivity contribution >= 4 is 32.6 Å². The van der Waals surface area contributed by atoms with Crippen LogP contribution in [0.5, 0.6) is 0 Å². The third kappa shape index (κ3) is 7.40. The summed E-state index contributed by atoms with van der Waals surface area (Å²) in [7, 11) is -0.543. The van der Waals surface area contributed by atoms with E-state index in [1.54, 1.807) is 0 Å². The lowest BCUT2D eigenvalue weighted by atomic mass is 9.37. The predicted molar refractivity (Wildman–Crippen MR) is 188 cm³/mol. The van der Waals surface area contributed by atoms with Crippen LogP contribution >= 0.6 is 0 Å². The SMILES string of the molecule is CC(C)=CC[SiH2]C(c1ccccc1)(c1ccccc1)n1ccnc1.c1ccc(B(c2ccccc2)c2ccccc2)cc1. The molecule has 0 amide bonds. The van der Waals surface area contributed by atoms with Crippen molar-refractivity contribution in [2.75, 3.05) is 0 Å². The molecule has 6 rings (SSSR count). The molecule has 0 N–H and O–H groups in total. The minimum absolute atomic E-state index is 0.106. The van der Waals surface area contributed by atoms with Gasteiger partial charge in [-0.2, -0.15) is 0 Å². The zero-order chi connectivity index (χ0) is 29.7. The van der Waals surface area contributed by atoms with Gasteiger partial charge < -0.3 is 4.57 Å². The van der Waals surface area contributed by atoms with Crippen LogP contribution in [-0.4, -0.2) is 25.8 Å². The van der Waals surface area contributed by atoms with Crippen molar-refractivity contribution in [2.24, 2.45) is 0 Å². The van der Waals surface area contributed by atoms with Crippen molar-refractivity contribution < 1.29 is 0 Å². The summed E-state index contributed by atoms with van der Waals surface area (Å²) >= 11 is 0. The zero-order valence-corrected chi connectivity index (χ0v) is 26.5. The van der Waals surface area contributed by atoms with Crippen LogP contribution in [0.4, 0.5) is 0 Å². The summed E-state index contributed by atoms with van der Waals surface area (Å²) in [5.74, 6) is 0. The van der Waals surface area contributed by atoms with E-state index in [1.807, 2.05) is 12.5 Å². The van der Waals surface area contributed by atoms with Crippen LogP contribution in [0.2, 0.25) is 6.04 Å². The first-order chi connectivity index (χ1) is 21.2. The molecule has 0 bridgehead atoms. The quantitative estimate of drug-likeness (QED) is 0.145. The molecular weight excluding hydrogens is 535 g/mol. The molecule has 0 fully saturated rings. The van der Waals surface area contributed by atoms with Crippen molar-refractivity contribution in [3.05, 3.63) is 193 Å². The van der Waals surface area contributed by atoms with E-state index < -0.39 is 9.52 Å². The maximum absolute atomic E-state index is 4.35. The molecule has 2 nitrogen and oxygen atoms in total. The Labute approximate surface area is 259 Å². The van der Waals surface area contributed by atoms with E-state index in [0.29, 0.717) is 6.71 Å². The van der Waals surface area contributed by atoms with Crippen molar-refractivity contribution in [1.29, 1.82) is 0 Å². The Hall–Kier alpha value is -4.67. The predicted octanol–water partition coefficient (Wildman–Crippen LogP) is 6.39. The number of hydrogen-bond acceptors (Lipinski definition) is 1. The molecule has 43 heavy (non-hydrogen) atoms. The molecule has 1 aromatic heterocycles. The summed E-state index contributed by atoms with van der Waals surface area (Å²) in [6, 6.07) is 54.9. The van der Waals surface area contributed by atoms with Gasteiger partial charge in [0.1, 0.15) is 0 Å². The number of rotatable bonds is 9. The third-order valence-electron chi connectivity index (χ3n) is 7.91. The van der Waals surface area contributed by atoms with Gasteiger partial charge in [0.05, 0.1) is 21.0 Å². The highest BCUT2D eigenvalue weighted by Crippen LogP contribution is 2.34. The lowest BCUT2D eigenvalue weighted by Gasteiger charge is -2.36. The summed E-state index contributed by atoms with van der Waals surface area (Å²) < 4.78 is 2.31. The largest absolute Gasteiger partial charge is 0.327 e. The first-order valence-corrected chi connectivity index (χ1v) is 16.8. The molecule has 212 valence electrons. The molecule has 0 saturated carbocycles. The number of imidazole rings is 1. The van der Waals surface area contributed by atoms with Gasteiger partial charge in [-0.15, -0.1) is 0 Å². The van der Waals surface area contributed by atoms with E-state index in [0.717, 1.165) is 6.04 Å². The summed E-state index contributed by atoms with van der Waals surface area (Å²) in [6.07, 6.45) is 8.34. The van der Waals surface area contributed by atoms with Gasteiger partial charge in [0, 0.05) is 12.4 Å². The lowest BCUT2D eigenvalue weighted by molar-refractivity contribution is 0.592. The van der Waals surface area contributed by atoms with E-state index in [-0.39, 0.29) is 5.16 Å². The van der Waals surface area contributed by atoms with Crippen LogP contribution < -0.4 is 16.4 Å². The van der Waals surface area contributed by atoms with Gasteiger partial charge in [0.25, 0.3) is 0 Å². The standard InChI is InChI=1S/C21H24N2Si.C18H15B/c1-18(2)13-16-24-21(23-15-14-22-17-23,19-9-5-3-6-10-19)20-11-7-4-8-12-20;1-4-10-16(11-5-1)19(17-12-6-2-7-13-17)18-14-8-3-9-15-18/h3-15,17H,16,24H2,1-2H3;1-15H. The summed E-state index contributed by atoms with van der Waals surface area (Å²) in [4.78, 5) is 4.35. The average Bonchev–Trinajstić information content (AvgIpc) is 3.62. The van der Waals surface area contributed by atoms with Crippen molar-refractivity contribution in [2.45, 2.75) is 25.1 Å². The molecule has 0 radical (unpaired) electrons. The smallest absolute Gasteiger partial charge is 0.241 e. The fourth-order valence-corrected chi connectivity index (χ4v) is 8.51. The van der Waals surface area contributed by atoms with Crippen molar-refractivity contribution in [1.82, 2.24) is 9.55 Å². The van der Waals surface area contributed by atoms with Crippen molar-refractivity contribution in [3.8, 4) is 0 Å². The molecule has 0 atom stereocenters. The molecule has 0 unspecified atom stereocenters. The molecule has 1 heterocycles. The molecule has 0 saturated heterocycles. The minimum Gasteiger partial charge on any atom is -0.327 e. The van der Waals surface area contributed by atoms with Gasteiger partial charge in [0.2, 0.25) is 6.71 Å². The third-order valence-corrected chi connectivity index (χ3v) is 10.4. The average molecular weight is 575 g/mol. The molecule has 4 heteroatoms. The normalized spacial score (nSPS) is 11.0. The van der Waals surface area contributed by atoms with Gasteiger partial charge in [-0.25, -0.2) is 4.98 Å². The topological polar surface area (TPSA) is 17.8 Å². The van der Waals surface area contributed by atoms with E-state index in [9.17, 15) is 0 Å². The molecule has 0 aliphatic heterocycles. The summed E-state index contributed by atoms with van der Waals surface area (Å²) in [6.45, 7) is 4.67. The Kier molecular flexibility index (Phi) is 10.4. The Bertz CT molecular complexity index is 1520. The molecule has 6 aromatic rings. The Balaban J connectivity index is 0.000000176. The second-order valence-electron chi connectivity index (χ2n) is 11.0. The number of hydrogen-bond donors (Lipinski definition) is 0. The lowest BCUT2D eigenvalue weighted by Crippen LogP contribution is -2.51.